The number of aromatic nitrogens is 4. The van der Waals surface area contributed by atoms with Gasteiger partial charge in [-0.2, -0.15) is 0 Å². The summed E-state index contributed by atoms with van der Waals surface area (Å²) in [5.74, 6) is 0.694. The van der Waals surface area contributed by atoms with Crippen molar-refractivity contribution < 1.29 is 0 Å². The van der Waals surface area contributed by atoms with Gasteiger partial charge < -0.3 is 0 Å². The van der Waals surface area contributed by atoms with Crippen molar-refractivity contribution in [2.24, 2.45) is 0 Å². The van der Waals surface area contributed by atoms with Crippen LogP contribution in [0.4, 0.5) is 0 Å². The molecule has 0 atom stereocenters. The van der Waals surface area contributed by atoms with Crippen molar-refractivity contribution >= 4 is 37.4 Å². The van der Waals surface area contributed by atoms with Crippen LogP contribution in [-0.2, 0) is 19.5 Å². The quantitative estimate of drug-likeness (QED) is 0.473. The standard InChI is InChI=1S/C20H16BrN5S/c21-19-15-3-1-2-4-17(15)27-18(19)11-26-6-5-13-9-24-20(25-16(13)10-26)14-7-22-12-23-8-14/h1-4,7-9,12H,5-6,10-11H2. The van der Waals surface area contributed by atoms with E-state index in [2.05, 4.69) is 60.0 Å². The van der Waals surface area contributed by atoms with Gasteiger partial charge in [0.1, 0.15) is 6.33 Å². The average molecular weight is 438 g/mol. The Morgan fingerprint density at radius 1 is 1.11 bits per heavy atom. The van der Waals surface area contributed by atoms with Crippen LogP contribution in [0, 0.1) is 0 Å². The predicted molar refractivity (Wildman–Crippen MR) is 110 cm³/mol. The van der Waals surface area contributed by atoms with Gasteiger partial charge in [-0.1, -0.05) is 18.2 Å². The second kappa shape index (κ2) is 7.07. The number of rotatable bonds is 3. The van der Waals surface area contributed by atoms with Crippen LogP contribution >= 0.6 is 27.3 Å². The van der Waals surface area contributed by atoms with Crippen LogP contribution in [0.1, 0.15) is 16.1 Å². The molecule has 7 heteroatoms. The first-order valence-electron chi connectivity index (χ1n) is 8.76. The highest BCUT2D eigenvalue weighted by atomic mass is 79.9. The first-order valence-corrected chi connectivity index (χ1v) is 10.4. The van der Waals surface area contributed by atoms with Crippen LogP contribution in [0.25, 0.3) is 21.5 Å². The summed E-state index contributed by atoms with van der Waals surface area (Å²) in [5.41, 5.74) is 3.19. The number of benzene rings is 1. The molecule has 4 aromatic rings. The largest absolute Gasteiger partial charge is 0.292 e. The number of hydrogen-bond acceptors (Lipinski definition) is 6. The molecule has 1 aliphatic rings. The van der Waals surface area contributed by atoms with E-state index >= 15 is 0 Å². The van der Waals surface area contributed by atoms with Gasteiger partial charge in [0.2, 0.25) is 0 Å². The summed E-state index contributed by atoms with van der Waals surface area (Å²) in [6, 6.07) is 8.54. The van der Waals surface area contributed by atoms with Gasteiger partial charge in [-0.25, -0.2) is 19.9 Å². The lowest BCUT2D eigenvalue weighted by atomic mass is 10.1. The topological polar surface area (TPSA) is 54.8 Å². The summed E-state index contributed by atoms with van der Waals surface area (Å²) in [6.45, 7) is 2.78. The van der Waals surface area contributed by atoms with Crippen molar-refractivity contribution in [1.82, 2.24) is 24.8 Å². The molecule has 134 valence electrons. The molecule has 0 bridgehead atoms. The molecular formula is C20H16BrN5S. The number of fused-ring (bicyclic) bond motifs is 2. The fourth-order valence-corrected chi connectivity index (χ4v) is 5.40. The van der Waals surface area contributed by atoms with Crippen LogP contribution in [-0.4, -0.2) is 31.4 Å². The summed E-state index contributed by atoms with van der Waals surface area (Å²) in [7, 11) is 0. The van der Waals surface area contributed by atoms with Crippen molar-refractivity contribution in [2.75, 3.05) is 6.54 Å². The Balaban J connectivity index is 1.41. The molecule has 5 nitrogen and oxygen atoms in total. The third-order valence-corrected chi connectivity index (χ3v) is 7.14. The van der Waals surface area contributed by atoms with Crippen molar-refractivity contribution in [1.29, 1.82) is 0 Å². The third kappa shape index (κ3) is 3.26. The molecule has 0 fully saturated rings. The van der Waals surface area contributed by atoms with Crippen molar-refractivity contribution in [3.8, 4) is 11.4 Å². The zero-order chi connectivity index (χ0) is 18.2. The van der Waals surface area contributed by atoms with Crippen molar-refractivity contribution in [2.45, 2.75) is 19.5 Å². The summed E-state index contributed by atoms with van der Waals surface area (Å²) in [4.78, 5) is 21.3. The highest BCUT2D eigenvalue weighted by Crippen LogP contribution is 2.36. The highest BCUT2D eigenvalue weighted by Gasteiger charge is 2.21. The summed E-state index contributed by atoms with van der Waals surface area (Å²) < 4.78 is 2.55. The van der Waals surface area contributed by atoms with Gasteiger partial charge in [-0.3, -0.25) is 4.90 Å². The molecular weight excluding hydrogens is 422 g/mol. The van der Waals surface area contributed by atoms with E-state index in [1.165, 1.54) is 31.3 Å². The highest BCUT2D eigenvalue weighted by molar-refractivity contribution is 9.10. The van der Waals surface area contributed by atoms with Crippen molar-refractivity contribution in [3.63, 3.8) is 0 Å². The SMILES string of the molecule is Brc1c(CN2CCc3cnc(-c4cncnc4)nc3C2)sc2ccccc12. The molecule has 3 aromatic heterocycles. The fraction of sp³-hybridized carbons (Fsp3) is 0.200. The van der Waals surface area contributed by atoms with Crippen LogP contribution < -0.4 is 0 Å². The molecule has 5 rings (SSSR count). The van der Waals surface area contributed by atoms with E-state index in [1.807, 2.05) is 17.5 Å². The van der Waals surface area contributed by atoms with E-state index in [4.69, 9.17) is 4.98 Å². The summed E-state index contributed by atoms with van der Waals surface area (Å²) >= 11 is 5.66. The maximum absolute atomic E-state index is 4.80. The van der Waals surface area contributed by atoms with Gasteiger partial charge in [0.05, 0.1) is 11.3 Å². The predicted octanol–water partition coefficient (Wildman–Crippen LogP) is 4.47. The monoisotopic (exact) mass is 437 g/mol. The summed E-state index contributed by atoms with van der Waals surface area (Å²) in [5, 5.41) is 1.29. The van der Waals surface area contributed by atoms with Gasteiger partial charge in [0, 0.05) is 57.7 Å². The Kier molecular flexibility index (Phi) is 4.43. The molecule has 1 aliphatic heterocycles. The maximum atomic E-state index is 4.80. The van der Waals surface area contributed by atoms with Crippen LogP contribution in [0.5, 0.6) is 0 Å². The second-order valence-corrected chi connectivity index (χ2v) is 8.52. The molecule has 0 radical (unpaired) electrons. The van der Waals surface area contributed by atoms with Crippen molar-refractivity contribution in [3.05, 3.63) is 69.8 Å². The van der Waals surface area contributed by atoms with Gasteiger partial charge in [-0.15, -0.1) is 11.3 Å². The third-order valence-electron chi connectivity index (χ3n) is 4.81. The molecule has 0 aliphatic carbocycles. The van der Waals surface area contributed by atoms with Crippen LogP contribution in [0.15, 0.2) is 53.7 Å². The Hall–Kier alpha value is -2.22. The molecule has 0 unspecified atom stereocenters. The maximum Gasteiger partial charge on any atom is 0.162 e. The Morgan fingerprint density at radius 3 is 2.81 bits per heavy atom. The smallest absolute Gasteiger partial charge is 0.162 e. The average Bonchev–Trinajstić information content (AvgIpc) is 3.04. The molecule has 0 amide bonds. The van der Waals surface area contributed by atoms with Gasteiger partial charge in [0.15, 0.2) is 5.82 Å². The van der Waals surface area contributed by atoms with Gasteiger partial charge >= 0.3 is 0 Å². The minimum atomic E-state index is 0.694. The number of thiophene rings is 1. The number of hydrogen-bond donors (Lipinski definition) is 0. The molecule has 0 N–H and O–H groups in total. The minimum Gasteiger partial charge on any atom is -0.292 e. The lowest BCUT2D eigenvalue weighted by Crippen LogP contribution is -2.30. The second-order valence-electron chi connectivity index (χ2n) is 6.59. The Morgan fingerprint density at radius 2 is 1.96 bits per heavy atom. The van der Waals surface area contributed by atoms with E-state index in [-0.39, 0.29) is 0 Å². The molecule has 0 saturated heterocycles. The Bertz CT molecular complexity index is 1110. The lowest BCUT2D eigenvalue weighted by Gasteiger charge is -2.27. The van der Waals surface area contributed by atoms with E-state index in [1.54, 1.807) is 12.4 Å². The normalized spacial score (nSPS) is 14.4. The molecule has 4 heterocycles. The van der Waals surface area contributed by atoms with E-state index in [9.17, 15) is 0 Å². The zero-order valence-corrected chi connectivity index (χ0v) is 16.9. The summed E-state index contributed by atoms with van der Waals surface area (Å²) in [6.07, 6.45) is 7.96. The van der Waals surface area contributed by atoms with E-state index in [0.29, 0.717) is 5.82 Å². The number of halogens is 1. The first kappa shape index (κ1) is 16.9. The molecule has 27 heavy (non-hydrogen) atoms. The minimum absolute atomic E-state index is 0.694. The lowest BCUT2D eigenvalue weighted by molar-refractivity contribution is 0.243. The van der Waals surface area contributed by atoms with Gasteiger partial charge in [-0.05, 0) is 34.0 Å². The van der Waals surface area contributed by atoms with Crippen LogP contribution in [0.2, 0.25) is 0 Å². The van der Waals surface area contributed by atoms with Crippen LogP contribution in [0.3, 0.4) is 0 Å². The van der Waals surface area contributed by atoms with Gasteiger partial charge in [0.25, 0.3) is 0 Å². The van der Waals surface area contributed by atoms with E-state index in [0.717, 1.165) is 37.3 Å². The number of nitrogens with zero attached hydrogens (tertiary/aromatic N) is 5. The molecule has 0 spiro atoms. The Labute approximate surface area is 169 Å². The molecule has 1 aromatic carbocycles. The molecule has 0 saturated carbocycles. The fourth-order valence-electron chi connectivity index (χ4n) is 3.42. The first-order chi connectivity index (χ1) is 13.3. The zero-order valence-electron chi connectivity index (χ0n) is 14.5. The van der Waals surface area contributed by atoms with E-state index < -0.39 is 0 Å².